The van der Waals surface area contributed by atoms with Gasteiger partial charge in [0.2, 0.25) is 0 Å². The van der Waals surface area contributed by atoms with E-state index in [-0.39, 0.29) is 10.8 Å². The van der Waals surface area contributed by atoms with Crippen molar-refractivity contribution in [1.82, 2.24) is 0 Å². The van der Waals surface area contributed by atoms with E-state index in [1.54, 1.807) is 0 Å². The molecule has 0 heteroatoms. The van der Waals surface area contributed by atoms with E-state index < -0.39 is 0 Å². The first-order valence-corrected chi connectivity index (χ1v) is 21.4. The lowest BCUT2D eigenvalue weighted by molar-refractivity contribution is 0.601. The van der Waals surface area contributed by atoms with Crippen molar-refractivity contribution in [2.24, 2.45) is 0 Å². The van der Waals surface area contributed by atoms with Gasteiger partial charge < -0.3 is 0 Å². The Morgan fingerprint density at radius 2 is 0.533 bits per heavy atom. The summed E-state index contributed by atoms with van der Waals surface area (Å²) in [7, 11) is 0. The van der Waals surface area contributed by atoms with E-state index in [9.17, 15) is 0 Å². The maximum Gasteiger partial charge on any atom is 0.0162 e. The van der Waals surface area contributed by atoms with Crippen molar-refractivity contribution < 1.29 is 0 Å². The number of hydrogen-bond acceptors (Lipinski definition) is 0. The number of benzene rings is 11. The highest BCUT2D eigenvalue weighted by Crippen LogP contribution is 2.62. The molecule has 11 aromatic carbocycles. The number of hydrogen-bond donors (Lipinski definition) is 0. The van der Waals surface area contributed by atoms with Crippen LogP contribution in [0, 0.1) is 0 Å². The fourth-order valence-electron chi connectivity index (χ4n) is 11.9. The molecule has 282 valence electrons. The first-order chi connectivity index (χ1) is 29.3. The lowest BCUT2D eigenvalue weighted by atomic mass is 9.72. The van der Waals surface area contributed by atoms with Crippen molar-refractivity contribution in [3.63, 3.8) is 0 Å². The van der Waals surface area contributed by atoms with E-state index >= 15 is 0 Å². The molecule has 0 saturated heterocycles. The van der Waals surface area contributed by atoms with E-state index in [2.05, 4.69) is 210 Å². The Kier molecular flexibility index (Phi) is 6.67. The summed E-state index contributed by atoms with van der Waals surface area (Å²) in [6.07, 6.45) is 0. The fraction of sp³-hybridized carbons (Fsp3) is 0.100. The van der Waals surface area contributed by atoms with Gasteiger partial charge in [0.05, 0.1) is 0 Å². The van der Waals surface area contributed by atoms with Gasteiger partial charge in [-0.15, -0.1) is 0 Å². The molecule has 0 saturated carbocycles. The quantitative estimate of drug-likeness (QED) is 0.154. The van der Waals surface area contributed by atoms with Crippen LogP contribution in [0.25, 0.3) is 109 Å². The summed E-state index contributed by atoms with van der Waals surface area (Å²) in [5.41, 5.74) is 16.1. The zero-order valence-corrected chi connectivity index (χ0v) is 34.3. The lowest BCUT2D eigenvalue weighted by Crippen LogP contribution is -2.24. The second-order valence-electron chi connectivity index (χ2n) is 18.3. The van der Waals surface area contributed by atoms with Crippen LogP contribution in [-0.2, 0) is 10.8 Å². The lowest BCUT2D eigenvalue weighted by Gasteiger charge is -2.31. The SMILES string of the molecule is CC1(C)c2cc(-c3c4ccccc4cc4ccccc34)c3ccccc3c2-c2ccc3c(c21)C(C)(C)c1cc(-c2c4ccccc4cc4ccccc24)c2ccccc2c1-3. The van der Waals surface area contributed by atoms with Gasteiger partial charge in [-0.1, -0.05) is 185 Å². The van der Waals surface area contributed by atoms with E-state index in [1.165, 1.54) is 131 Å². The summed E-state index contributed by atoms with van der Waals surface area (Å²) in [5.74, 6) is 0. The molecule has 0 heterocycles. The standard InChI is InChI=1S/C60H42/c1-59(2)51-33-49(53-39-21-9-5-17-35(39)31-36-18-6-10-22-40(36)53)43-25-13-15-27-45(43)55(51)47-29-30-48-56-46-28-16-14-26-44(46)50(34-52(56)60(3,4)58(48)57(47)59)54-41-23-11-7-19-37(41)32-38-20-8-12-24-42(38)54/h5-34H,1-4H3. The minimum atomic E-state index is -0.251. The van der Waals surface area contributed by atoms with Gasteiger partial charge in [0.25, 0.3) is 0 Å². The highest BCUT2D eigenvalue weighted by Gasteiger charge is 2.47. The van der Waals surface area contributed by atoms with E-state index in [4.69, 9.17) is 0 Å². The minimum Gasteiger partial charge on any atom is -0.0616 e. The first-order valence-electron chi connectivity index (χ1n) is 21.4. The average molecular weight is 763 g/mol. The monoisotopic (exact) mass is 762 g/mol. The fourth-order valence-corrected chi connectivity index (χ4v) is 11.9. The van der Waals surface area contributed by atoms with Crippen LogP contribution in [0.5, 0.6) is 0 Å². The van der Waals surface area contributed by atoms with E-state index in [0.717, 1.165) is 0 Å². The summed E-state index contributed by atoms with van der Waals surface area (Å²) in [5, 5.41) is 15.6. The molecule has 2 aliphatic carbocycles. The molecule has 0 radical (unpaired) electrons. The predicted molar refractivity (Wildman–Crippen MR) is 257 cm³/mol. The molecule has 2 aliphatic rings. The molecule has 0 fully saturated rings. The van der Waals surface area contributed by atoms with Crippen molar-refractivity contribution in [3.05, 3.63) is 204 Å². The van der Waals surface area contributed by atoms with Crippen molar-refractivity contribution in [2.45, 2.75) is 38.5 Å². The second kappa shape index (κ2) is 11.8. The van der Waals surface area contributed by atoms with E-state index in [0.29, 0.717) is 0 Å². The van der Waals surface area contributed by atoms with Crippen LogP contribution >= 0.6 is 0 Å². The van der Waals surface area contributed by atoms with Gasteiger partial charge in [-0.25, -0.2) is 0 Å². The Morgan fingerprint density at radius 1 is 0.250 bits per heavy atom. The zero-order chi connectivity index (χ0) is 40.1. The molecule has 0 unspecified atom stereocenters. The third-order valence-corrected chi connectivity index (χ3v) is 14.5. The molecular weight excluding hydrogens is 721 g/mol. The third kappa shape index (κ3) is 4.31. The molecule has 13 rings (SSSR count). The predicted octanol–water partition coefficient (Wildman–Crippen LogP) is 16.6. The Labute approximate surface area is 350 Å². The first kappa shape index (κ1) is 33.9. The van der Waals surface area contributed by atoms with Gasteiger partial charge in [-0.05, 0) is 156 Å². The smallest absolute Gasteiger partial charge is 0.0162 e. The molecule has 0 bridgehead atoms. The van der Waals surface area contributed by atoms with Crippen molar-refractivity contribution in [1.29, 1.82) is 0 Å². The Balaban J connectivity index is 1.10. The van der Waals surface area contributed by atoms with Gasteiger partial charge in [-0.2, -0.15) is 0 Å². The molecule has 0 nitrogen and oxygen atoms in total. The molecule has 60 heavy (non-hydrogen) atoms. The van der Waals surface area contributed by atoms with Gasteiger partial charge in [0.1, 0.15) is 0 Å². The topological polar surface area (TPSA) is 0 Å². The maximum atomic E-state index is 2.58. The summed E-state index contributed by atoms with van der Waals surface area (Å²) in [6.45, 7) is 9.95. The third-order valence-electron chi connectivity index (χ3n) is 14.5. The molecule has 0 amide bonds. The highest BCUT2D eigenvalue weighted by molar-refractivity contribution is 6.21. The van der Waals surface area contributed by atoms with Gasteiger partial charge in [-0.3, -0.25) is 0 Å². The molecule has 0 N–H and O–H groups in total. The Morgan fingerprint density at radius 3 is 0.867 bits per heavy atom. The molecule has 0 aromatic heterocycles. The van der Waals surface area contributed by atoms with Crippen LogP contribution in [0.2, 0.25) is 0 Å². The van der Waals surface area contributed by atoms with Gasteiger partial charge in [0, 0.05) is 10.8 Å². The van der Waals surface area contributed by atoms with Crippen LogP contribution < -0.4 is 0 Å². The Hall–Kier alpha value is -7.02. The largest absolute Gasteiger partial charge is 0.0616 e. The summed E-state index contributed by atoms with van der Waals surface area (Å²) in [4.78, 5) is 0. The highest BCUT2D eigenvalue weighted by atomic mass is 14.5. The normalized spacial score (nSPS) is 14.6. The van der Waals surface area contributed by atoms with Crippen LogP contribution in [0.1, 0.15) is 49.9 Å². The summed E-state index contributed by atoms with van der Waals surface area (Å²) < 4.78 is 0. The van der Waals surface area contributed by atoms with Crippen LogP contribution in [0.15, 0.2) is 182 Å². The molecule has 0 aliphatic heterocycles. The average Bonchev–Trinajstić information content (AvgIpc) is 3.65. The number of fused-ring (bicyclic) bond motifs is 15. The second-order valence-corrected chi connectivity index (χ2v) is 18.3. The molecule has 0 atom stereocenters. The Bertz CT molecular complexity index is 3350. The van der Waals surface area contributed by atoms with Gasteiger partial charge in [0.15, 0.2) is 0 Å². The van der Waals surface area contributed by atoms with Crippen LogP contribution in [0.4, 0.5) is 0 Å². The van der Waals surface area contributed by atoms with Crippen LogP contribution in [-0.4, -0.2) is 0 Å². The van der Waals surface area contributed by atoms with Gasteiger partial charge >= 0.3 is 0 Å². The minimum absolute atomic E-state index is 0.251. The molecule has 11 aromatic rings. The molecule has 0 spiro atoms. The summed E-state index contributed by atoms with van der Waals surface area (Å²) >= 11 is 0. The zero-order valence-electron chi connectivity index (χ0n) is 34.3. The van der Waals surface area contributed by atoms with E-state index in [1.807, 2.05) is 0 Å². The summed E-state index contributed by atoms with van der Waals surface area (Å²) in [6, 6.07) is 68.9. The van der Waals surface area contributed by atoms with Crippen molar-refractivity contribution in [3.8, 4) is 44.5 Å². The maximum absolute atomic E-state index is 2.58. The van der Waals surface area contributed by atoms with Crippen molar-refractivity contribution >= 4 is 64.6 Å². The number of rotatable bonds is 2. The molecular formula is C60H42. The van der Waals surface area contributed by atoms with Crippen molar-refractivity contribution in [2.75, 3.05) is 0 Å². The van der Waals surface area contributed by atoms with Crippen LogP contribution in [0.3, 0.4) is 0 Å².